The zero-order valence-electron chi connectivity index (χ0n) is 17.8. The van der Waals surface area contributed by atoms with Crippen LogP contribution in [0.15, 0.2) is 29.2 Å². The molecule has 3 heterocycles. The van der Waals surface area contributed by atoms with E-state index in [0.717, 1.165) is 25.9 Å². The highest BCUT2D eigenvalue weighted by Gasteiger charge is 2.44. The van der Waals surface area contributed by atoms with Gasteiger partial charge in [0.05, 0.1) is 5.69 Å². The molecule has 0 radical (unpaired) electrons. The van der Waals surface area contributed by atoms with Crippen LogP contribution in [0.2, 0.25) is 5.02 Å². The molecule has 2 saturated heterocycles. The zero-order chi connectivity index (χ0) is 22.4. The van der Waals surface area contributed by atoms with Gasteiger partial charge in [-0.25, -0.2) is 13.8 Å². The molecule has 2 fully saturated rings. The Bertz CT molecular complexity index is 989. The van der Waals surface area contributed by atoms with Gasteiger partial charge in [-0.05, 0) is 55.8 Å². The molecule has 0 saturated carbocycles. The molecule has 31 heavy (non-hydrogen) atoms. The highest BCUT2D eigenvalue weighted by Crippen LogP contribution is 2.42. The van der Waals surface area contributed by atoms with Crippen molar-refractivity contribution in [2.75, 3.05) is 35.8 Å². The lowest BCUT2D eigenvalue weighted by molar-refractivity contribution is 0.141. The second kappa shape index (κ2) is 8.37. The third-order valence-electron chi connectivity index (χ3n) is 6.30. The molecule has 1 unspecified atom stereocenters. The van der Waals surface area contributed by atoms with Crippen LogP contribution in [0.4, 0.5) is 24.7 Å². The number of benzene rings is 1. The van der Waals surface area contributed by atoms with E-state index in [0.29, 0.717) is 30.7 Å². The van der Waals surface area contributed by atoms with E-state index in [1.165, 1.54) is 24.3 Å². The number of hydrogen-bond acceptors (Lipinski definition) is 5. The summed E-state index contributed by atoms with van der Waals surface area (Å²) in [6, 6.07) is 5.44. The molecular formula is C22H26ClF3N4S. The van der Waals surface area contributed by atoms with Gasteiger partial charge in [0.25, 0.3) is 0 Å². The molecule has 0 amide bonds. The predicted molar refractivity (Wildman–Crippen MR) is 120 cm³/mol. The van der Waals surface area contributed by atoms with Gasteiger partial charge in [-0.1, -0.05) is 31.5 Å². The summed E-state index contributed by atoms with van der Waals surface area (Å²) in [6.07, 6.45) is 2.05. The summed E-state index contributed by atoms with van der Waals surface area (Å²) in [5.74, 6) is -2.07. The van der Waals surface area contributed by atoms with Gasteiger partial charge in [0.15, 0.2) is 5.82 Å². The smallest absolute Gasteiger partial charge is 0.214 e. The molecule has 0 aliphatic carbocycles. The first-order chi connectivity index (χ1) is 14.6. The Labute approximate surface area is 190 Å². The number of anilines is 2. The van der Waals surface area contributed by atoms with E-state index in [1.807, 2.05) is 4.90 Å². The average Bonchev–Trinajstić information content (AvgIpc) is 3.28. The number of rotatable bonds is 5. The Kier molecular flexibility index (Phi) is 6.09. The molecule has 2 aliphatic rings. The van der Waals surface area contributed by atoms with E-state index in [-0.39, 0.29) is 26.7 Å². The zero-order valence-corrected chi connectivity index (χ0v) is 19.4. The SMILES string of the molecule is CC1(C)CCN(C2(C)CCN(c3cc(F)c(SNc4cccc(F)n4)c(F)c3Cl)C2)C1. The fourth-order valence-electron chi connectivity index (χ4n) is 4.44. The fraction of sp³-hybridized carbons (Fsp3) is 0.500. The first kappa shape index (κ1) is 22.6. The molecule has 2 aliphatic heterocycles. The van der Waals surface area contributed by atoms with Crippen molar-refractivity contribution in [1.82, 2.24) is 9.88 Å². The van der Waals surface area contributed by atoms with Gasteiger partial charge in [-0.15, -0.1) is 0 Å². The fourth-order valence-corrected chi connectivity index (χ4v) is 5.43. The van der Waals surface area contributed by atoms with Gasteiger partial charge in [-0.2, -0.15) is 4.39 Å². The van der Waals surface area contributed by atoms with Crippen LogP contribution < -0.4 is 9.62 Å². The van der Waals surface area contributed by atoms with Gasteiger partial charge in [0.2, 0.25) is 5.95 Å². The quantitative estimate of drug-likeness (QED) is 0.330. The van der Waals surface area contributed by atoms with Crippen LogP contribution in [0.5, 0.6) is 0 Å². The van der Waals surface area contributed by atoms with E-state index in [4.69, 9.17) is 11.6 Å². The minimum atomic E-state index is -0.832. The number of nitrogens with one attached hydrogen (secondary N) is 1. The standard InChI is InChI=1S/C22H26ClF3N4S/c1-21(2)7-10-30(12-21)22(3)8-9-29(13-22)15-11-14(24)20(19(26)18(15)23)31-28-17-6-4-5-16(25)27-17/h4-6,11H,7-10,12-13H2,1-3H3,(H,27,28). The van der Waals surface area contributed by atoms with Crippen LogP contribution in [-0.2, 0) is 0 Å². The Morgan fingerprint density at radius 1 is 1.10 bits per heavy atom. The number of aromatic nitrogens is 1. The predicted octanol–water partition coefficient (Wildman–Crippen LogP) is 5.97. The van der Waals surface area contributed by atoms with E-state index < -0.39 is 17.6 Å². The summed E-state index contributed by atoms with van der Waals surface area (Å²) in [4.78, 5) is 7.81. The molecular weight excluding hydrogens is 445 g/mol. The molecule has 1 aromatic carbocycles. The van der Waals surface area contributed by atoms with Crippen LogP contribution in [0.1, 0.15) is 33.6 Å². The molecule has 1 N–H and O–H groups in total. The molecule has 1 aromatic heterocycles. The monoisotopic (exact) mass is 470 g/mol. The van der Waals surface area contributed by atoms with Crippen LogP contribution in [0.25, 0.3) is 0 Å². The van der Waals surface area contributed by atoms with Crippen LogP contribution in [0, 0.1) is 23.0 Å². The van der Waals surface area contributed by atoms with Crippen molar-refractivity contribution in [3.63, 3.8) is 0 Å². The van der Waals surface area contributed by atoms with E-state index in [1.54, 1.807) is 0 Å². The topological polar surface area (TPSA) is 31.4 Å². The molecule has 0 spiro atoms. The largest absolute Gasteiger partial charge is 0.368 e. The summed E-state index contributed by atoms with van der Waals surface area (Å²) in [5.41, 5.74) is 0.601. The van der Waals surface area contributed by atoms with Crippen molar-refractivity contribution in [3.05, 3.63) is 46.9 Å². The summed E-state index contributed by atoms with van der Waals surface area (Å²) in [5, 5.41) is -0.107. The van der Waals surface area contributed by atoms with Crippen molar-refractivity contribution in [2.45, 2.75) is 44.0 Å². The molecule has 2 aromatic rings. The number of hydrogen-bond donors (Lipinski definition) is 1. The summed E-state index contributed by atoms with van der Waals surface area (Å²) < 4.78 is 45.7. The lowest BCUT2D eigenvalue weighted by Crippen LogP contribution is -2.47. The second-order valence-electron chi connectivity index (χ2n) is 9.39. The molecule has 4 nitrogen and oxygen atoms in total. The van der Waals surface area contributed by atoms with Crippen LogP contribution in [-0.4, -0.2) is 41.6 Å². The van der Waals surface area contributed by atoms with Crippen LogP contribution >= 0.6 is 23.5 Å². The van der Waals surface area contributed by atoms with Crippen LogP contribution in [0.3, 0.4) is 0 Å². The number of pyridine rings is 1. The maximum absolute atomic E-state index is 15.0. The Morgan fingerprint density at radius 3 is 2.55 bits per heavy atom. The van der Waals surface area contributed by atoms with Gasteiger partial charge in [0, 0.05) is 31.2 Å². The van der Waals surface area contributed by atoms with Crippen molar-refractivity contribution in [3.8, 4) is 0 Å². The Hall–Kier alpha value is -1.64. The minimum absolute atomic E-state index is 0.0535. The summed E-state index contributed by atoms with van der Waals surface area (Å²) in [6.45, 7) is 10.2. The van der Waals surface area contributed by atoms with E-state index in [9.17, 15) is 13.2 Å². The first-order valence-electron chi connectivity index (χ1n) is 10.3. The van der Waals surface area contributed by atoms with Crippen molar-refractivity contribution < 1.29 is 13.2 Å². The molecule has 0 bridgehead atoms. The van der Waals surface area contributed by atoms with E-state index in [2.05, 4.69) is 35.4 Å². The number of nitrogens with zero attached hydrogens (tertiary/aromatic N) is 3. The highest BCUT2D eigenvalue weighted by molar-refractivity contribution is 8.00. The number of halogens is 4. The third kappa shape index (κ3) is 4.61. The van der Waals surface area contributed by atoms with E-state index >= 15 is 0 Å². The summed E-state index contributed by atoms with van der Waals surface area (Å²) >= 11 is 7.02. The maximum Gasteiger partial charge on any atom is 0.214 e. The molecule has 1 atom stereocenters. The first-order valence-corrected chi connectivity index (χ1v) is 11.5. The van der Waals surface area contributed by atoms with Crippen molar-refractivity contribution >= 4 is 35.1 Å². The third-order valence-corrected chi connectivity index (χ3v) is 7.55. The van der Waals surface area contributed by atoms with Crippen molar-refractivity contribution in [2.24, 2.45) is 5.41 Å². The average molecular weight is 471 g/mol. The second-order valence-corrected chi connectivity index (χ2v) is 10.6. The lowest BCUT2D eigenvalue weighted by atomic mass is 9.92. The van der Waals surface area contributed by atoms with Gasteiger partial charge < -0.3 is 9.62 Å². The molecule has 9 heteroatoms. The molecule has 4 rings (SSSR count). The lowest BCUT2D eigenvalue weighted by Gasteiger charge is -2.36. The number of likely N-dealkylation sites (tertiary alicyclic amines) is 1. The summed E-state index contributed by atoms with van der Waals surface area (Å²) in [7, 11) is 0. The Morgan fingerprint density at radius 2 is 1.87 bits per heavy atom. The highest BCUT2D eigenvalue weighted by atomic mass is 35.5. The molecule has 168 valence electrons. The van der Waals surface area contributed by atoms with Crippen molar-refractivity contribution in [1.29, 1.82) is 0 Å². The normalized spacial score (nSPS) is 23.5. The van der Waals surface area contributed by atoms with Gasteiger partial charge >= 0.3 is 0 Å². The maximum atomic E-state index is 15.0. The Balaban J connectivity index is 1.51. The van der Waals surface area contributed by atoms with Gasteiger partial charge in [0.1, 0.15) is 21.6 Å². The van der Waals surface area contributed by atoms with Gasteiger partial charge in [-0.3, -0.25) is 4.90 Å². The minimum Gasteiger partial charge on any atom is -0.368 e.